The van der Waals surface area contributed by atoms with Crippen LogP contribution in [0.15, 0.2) is 133 Å². The van der Waals surface area contributed by atoms with E-state index in [2.05, 4.69) is 46.4 Å². The first-order valence-corrected chi connectivity index (χ1v) is 16.1. The molecule has 12 heteroatoms. The lowest BCUT2D eigenvalue weighted by atomic mass is 10.2. The Bertz CT molecular complexity index is 1620. The first-order chi connectivity index (χ1) is 19.5. The molecule has 0 radical (unpaired) electrons. The molecule has 0 aliphatic carbocycles. The van der Waals surface area contributed by atoms with E-state index >= 15 is 0 Å². The highest BCUT2D eigenvalue weighted by atomic mass is 32.2. The molecule has 0 unspecified atom stereocenters. The molecular weight excluding hydrogens is 601 g/mol. The van der Waals surface area contributed by atoms with Gasteiger partial charge in [-0.05, 0) is 53.4 Å². The lowest BCUT2D eigenvalue weighted by molar-refractivity contribution is 0.481. The van der Waals surface area contributed by atoms with Gasteiger partial charge in [0.1, 0.15) is 4.90 Å². The van der Waals surface area contributed by atoms with Crippen molar-refractivity contribution in [1.29, 1.82) is 0 Å². The van der Waals surface area contributed by atoms with Gasteiger partial charge >= 0.3 is 0 Å². The average molecular weight is 637 g/mol. The zero-order valence-electron chi connectivity index (χ0n) is 23.2. The van der Waals surface area contributed by atoms with E-state index in [1.54, 1.807) is 42.5 Å². The maximum atomic E-state index is 10.7. The van der Waals surface area contributed by atoms with Crippen LogP contribution in [0.25, 0.3) is 18.2 Å². The quantitative estimate of drug-likeness (QED) is 0.181. The van der Waals surface area contributed by atoms with E-state index in [0.29, 0.717) is 11.1 Å². The lowest BCUT2D eigenvalue weighted by Gasteiger charge is -2.00. The van der Waals surface area contributed by atoms with Gasteiger partial charge in [0, 0.05) is 0 Å². The Morgan fingerprint density at radius 2 is 1.07 bits per heavy atom. The third-order valence-corrected chi connectivity index (χ3v) is 7.16. The summed E-state index contributed by atoms with van der Waals surface area (Å²) in [6.45, 7) is 22.0. The summed E-state index contributed by atoms with van der Waals surface area (Å²) in [6.07, 6.45) is 7.44. The smallest absolute Gasteiger partial charge is 0.282 e. The van der Waals surface area contributed by atoms with Crippen LogP contribution in [-0.4, -0.2) is 38.9 Å². The van der Waals surface area contributed by atoms with Gasteiger partial charge in [0.25, 0.3) is 30.4 Å². The third-order valence-electron chi connectivity index (χ3n) is 4.51. The molecule has 0 aromatic heterocycles. The van der Waals surface area contributed by atoms with Crippen LogP contribution < -0.4 is 0 Å². The van der Waals surface area contributed by atoms with Gasteiger partial charge in [-0.1, -0.05) is 93.4 Å². The van der Waals surface area contributed by atoms with Gasteiger partial charge in [-0.15, -0.1) is 19.7 Å². The van der Waals surface area contributed by atoms with Crippen molar-refractivity contribution in [1.82, 2.24) is 0 Å². The van der Waals surface area contributed by atoms with Crippen molar-refractivity contribution >= 4 is 48.6 Å². The van der Waals surface area contributed by atoms with Gasteiger partial charge in [-0.25, -0.2) is 0 Å². The first-order valence-electron chi connectivity index (χ1n) is 11.7. The maximum Gasteiger partial charge on any atom is 0.295 e. The van der Waals surface area contributed by atoms with E-state index in [9.17, 15) is 25.3 Å². The summed E-state index contributed by atoms with van der Waals surface area (Å²) in [6, 6.07) is 17.8. The number of benzene rings is 3. The van der Waals surface area contributed by atoms with E-state index in [-0.39, 0.29) is 14.7 Å². The Hall–Kier alpha value is -3.91. The topological polar surface area (TPSA) is 163 Å². The van der Waals surface area contributed by atoms with Crippen molar-refractivity contribution in [3.8, 4) is 0 Å². The van der Waals surface area contributed by atoms with Gasteiger partial charge in [-0.2, -0.15) is 25.3 Å². The highest BCUT2D eigenvalue weighted by Crippen LogP contribution is 2.15. The predicted molar refractivity (Wildman–Crippen MR) is 171 cm³/mol. The van der Waals surface area contributed by atoms with Crippen LogP contribution in [0.1, 0.15) is 30.0 Å². The molecule has 0 amide bonds. The molecule has 3 N–H and O–H groups in total. The fourth-order valence-electron chi connectivity index (χ4n) is 2.46. The average Bonchev–Trinajstić information content (AvgIpc) is 2.97. The fraction of sp³-hybridized carbons (Fsp3) is 0.0667. The van der Waals surface area contributed by atoms with Crippen LogP contribution in [-0.2, 0) is 30.4 Å². The minimum atomic E-state index is -4.12. The van der Waals surface area contributed by atoms with Gasteiger partial charge in [0.15, 0.2) is 0 Å². The molecule has 0 aliphatic heterocycles. The largest absolute Gasteiger partial charge is 0.295 e. The van der Waals surface area contributed by atoms with Crippen molar-refractivity contribution in [3.63, 3.8) is 0 Å². The van der Waals surface area contributed by atoms with Gasteiger partial charge in [-0.3, -0.25) is 13.7 Å². The van der Waals surface area contributed by atoms with Gasteiger partial charge in [0.05, 0.1) is 9.79 Å². The summed E-state index contributed by atoms with van der Waals surface area (Å²) in [5, 5.41) is 0. The third kappa shape index (κ3) is 16.4. The Kier molecular flexibility index (Phi) is 19.2. The van der Waals surface area contributed by atoms with Crippen LogP contribution in [0.2, 0.25) is 0 Å². The van der Waals surface area contributed by atoms with Crippen LogP contribution in [0.4, 0.5) is 0 Å². The molecule has 0 spiro atoms. The van der Waals surface area contributed by atoms with Gasteiger partial charge < -0.3 is 0 Å². The molecule has 0 saturated heterocycles. The molecular formula is C30H36O9S3. The summed E-state index contributed by atoms with van der Waals surface area (Å²) in [4.78, 5) is -0.326. The zero-order valence-corrected chi connectivity index (χ0v) is 25.7. The van der Waals surface area contributed by atoms with Crippen molar-refractivity contribution in [3.05, 3.63) is 135 Å². The number of rotatable bonds is 7. The predicted octanol–water partition coefficient (Wildman–Crippen LogP) is 7.11. The van der Waals surface area contributed by atoms with E-state index in [1.165, 1.54) is 48.6 Å². The molecule has 3 aromatic rings. The Labute approximate surface area is 249 Å². The number of hydrogen-bond donors (Lipinski definition) is 3. The number of allylic oxidation sites excluding steroid dienone is 1. The van der Waals surface area contributed by atoms with Crippen molar-refractivity contribution in [2.24, 2.45) is 0 Å². The molecule has 0 atom stereocenters. The maximum absolute atomic E-state index is 10.7. The van der Waals surface area contributed by atoms with Crippen LogP contribution in [0, 0.1) is 0 Å². The summed E-state index contributed by atoms with van der Waals surface area (Å²) >= 11 is 0. The SMILES string of the molecule is C=C.C=CCC.C=Cc1ccc(S(=O)(=O)O)cc1.C=Cc1cccc(S(=O)(=O)O)c1.C=Cc1ccccc1S(=O)(=O)O. The Morgan fingerprint density at radius 3 is 1.43 bits per heavy atom. The minimum absolute atomic E-state index is 0.104. The molecule has 0 saturated carbocycles. The van der Waals surface area contributed by atoms with Gasteiger partial charge in [0.2, 0.25) is 0 Å². The summed E-state index contributed by atoms with van der Waals surface area (Å²) in [7, 11) is -12.3. The molecule has 228 valence electrons. The fourth-order valence-corrected chi connectivity index (χ4v) is 4.18. The first kappa shape index (κ1) is 40.2. The minimum Gasteiger partial charge on any atom is -0.282 e. The van der Waals surface area contributed by atoms with Crippen molar-refractivity contribution in [2.45, 2.75) is 28.0 Å². The molecule has 9 nitrogen and oxygen atoms in total. The second kappa shape index (κ2) is 20.0. The van der Waals surface area contributed by atoms with Crippen LogP contribution in [0.3, 0.4) is 0 Å². The molecule has 0 bridgehead atoms. The normalized spacial score (nSPS) is 10.2. The molecule has 0 fully saturated rings. The molecule has 0 heterocycles. The van der Waals surface area contributed by atoms with E-state index < -0.39 is 30.4 Å². The summed E-state index contributed by atoms with van der Waals surface area (Å²) in [5.74, 6) is 0. The summed E-state index contributed by atoms with van der Waals surface area (Å²) in [5.41, 5.74) is 1.87. The highest BCUT2D eigenvalue weighted by Gasteiger charge is 2.12. The van der Waals surface area contributed by atoms with Crippen molar-refractivity contribution in [2.75, 3.05) is 0 Å². The highest BCUT2D eigenvalue weighted by molar-refractivity contribution is 7.86. The lowest BCUT2D eigenvalue weighted by Crippen LogP contribution is -1.99. The van der Waals surface area contributed by atoms with Crippen molar-refractivity contribution < 1.29 is 38.9 Å². The van der Waals surface area contributed by atoms with E-state index in [4.69, 9.17) is 13.7 Å². The van der Waals surface area contributed by atoms with E-state index in [1.807, 2.05) is 6.08 Å². The molecule has 3 aromatic carbocycles. The van der Waals surface area contributed by atoms with Crippen LogP contribution in [0.5, 0.6) is 0 Å². The summed E-state index contributed by atoms with van der Waals surface area (Å²) < 4.78 is 89.8. The van der Waals surface area contributed by atoms with E-state index in [0.717, 1.165) is 12.0 Å². The molecule has 0 aliphatic rings. The van der Waals surface area contributed by atoms with Crippen LogP contribution >= 0.6 is 0 Å². The second-order valence-corrected chi connectivity index (χ2v) is 11.6. The molecule has 3 rings (SSSR count). The zero-order chi connectivity index (χ0) is 33.0. The second-order valence-electron chi connectivity index (χ2n) is 7.41. The number of hydrogen-bond acceptors (Lipinski definition) is 6. The Morgan fingerprint density at radius 1 is 0.595 bits per heavy atom. The monoisotopic (exact) mass is 636 g/mol. The Balaban J connectivity index is 0. The molecule has 42 heavy (non-hydrogen) atoms. The standard InChI is InChI=1S/3C8H8O3S.C4H8.C2H4/c1-2-7-3-5-8(6-4-7)12(9,10)11;1-2-7-4-3-5-8(6-7)12(9,10)11;1-2-7-5-3-4-6-8(7)12(9,10)11;1-3-4-2;1-2/h3*2-6H,1H2,(H,9,10,11);3H,1,4H2,2H3;1-2H2.